The zero-order chi connectivity index (χ0) is 17.5. The molecule has 0 fully saturated rings. The van der Waals surface area contributed by atoms with Gasteiger partial charge in [-0.2, -0.15) is 0 Å². The van der Waals surface area contributed by atoms with E-state index in [9.17, 15) is 0 Å². The van der Waals surface area contributed by atoms with Crippen LogP contribution in [0.4, 0.5) is 0 Å². The molecule has 0 saturated heterocycles. The minimum absolute atomic E-state index is 0.0537. The lowest BCUT2D eigenvalue weighted by molar-refractivity contribution is 0.259. The molecule has 3 rings (SSSR count). The summed E-state index contributed by atoms with van der Waals surface area (Å²) in [7, 11) is 0. The average molecular weight is 339 g/mol. The predicted octanol–water partition coefficient (Wildman–Crippen LogP) is 3.68. The van der Waals surface area contributed by atoms with Crippen LogP contribution in [0.3, 0.4) is 0 Å². The molecular formula is C20H21NO4. The molecule has 1 N–H and O–H groups in total. The second-order valence-corrected chi connectivity index (χ2v) is 5.62. The molecule has 130 valence electrons. The maximum absolute atomic E-state index is 8.98. The van der Waals surface area contributed by atoms with Gasteiger partial charge in [-0.1, -0.05) is 30.3 Å². The molecule has 2 aromatic carbocycles. The fourth-order valence-electron chi connectivity index (χ4n) is 2.41. The smallest absolute Gasteiger partial charge is 0.232 e. The molecule has 0 atom stereocenters. The molecule has 1 aromatic heterocycles. The number of hydrogen-bond acceptors (Lipinski definition) is 5. The number of rotatable bonds is 8. The lowest BCUT2D eigenvalue weighted by atomic mass is 10.2. The third-order valence-electron chi connectivity index (χ3n) is 3.72. The Hall–Kier alpha value is -2.79. The topological polar surface area (TPSA) is 64.7 Å². The molecule has 0 aliphatic carbocycles. The summed E-state index contributed by atoms with van der Waals surface area (Å²) in [5.41, 5.74) is 1.89. The monoisotopic (exact) mass is 339 g/mol. The summed E-state index contributed by atoms with van der Waals surface area (Å²) in [5, 5.41) is 8.98. The van der Waals surface area contributed by atoms with Crippen LogP contribution in [0, 0.1) is 6.92 Å². The molecule has 5 heteroatoms. The predicted molar refractivity (Wildman–Crippen MR) is 93.6 cm³/mol. The summed E-state index contributed by atoms with van der Waals surface area (Å²) in [6.45, 7) is 2.67. The minimum atomic E-state index is 0.0537. The molecule has 0 bridgehead atoms. The largest absolute Gasteiger partial charge is 0.489 e. The Balaban J connectivity index is 1.51. The van der Waals surface area contributed by atoms with Gasteiger partial charge in [0.05, 0.1) is 5.69 Å². The normalized spacial score (nSPS) is 10.6. The molecule has 3 aromatic rings. The van der Waals surface area contributed by atoms with Gasteiger partial charge in [0.15, 0.2) is 6.61 Å². The van der Waals surface area contributed by atoms with Crippen LogP contribution in [0.15, 0.2) is 59.0 Å². The van der Waals surface area contributed by atoms with Crippen molar-refractivity contribution in [2.24, 2.45) is 0 Å². The summed E-state index contributed by atoms with van der Waals surface area (Å²) in [5.74, 6) is 2.72. The van der Waals surface area contributed by atoms with Gasteiger partial charge in [-0.15, -0.1) is 0 Å². The van der Waals surface area contributed by atoms with E-state index < -0.39 is 0 Å². The van der Waals surface area contributed by atoms with Crippen molar-refractivity contribution in [2.45, 2.75) is 26.6 Å². The molecule has 1 heterocycles. The molecule has 0 aliphatic rings. The van der Waals surface area contributed by atoms with E-state index >= 15 is 0 Å². The summed E-state index contributed by atoms with van der Waals surface area (Å²) >= 11 is 0. The van der Waals surface area contributed by atoms with Crippen molar-refractivity contribution >= 4 is 0 Å². The molecule has 0 unspecified atom stereocenters. The lowest BCUT2D eigenvalue weighted by Crippen LogP contribution is -1.98. The van der Waals surface area contributed by atoms with Crippen LogP contribution in [0.5, 0.6) is 11.5 Å². The average Bonchev–Trinajstić information content (AvgIpc) is 3.00. The summed E-state index contributed by atoms with van der Waals surface area (Å²) in [4.78, 5) is 4.32. The van der Waals surface area contributed by atoms with E-state index in [0.29, 0.717) is 24.7 Å². The highest BCUT2D eigenvalue weighted by Crippen LogP contribution is 2.20. The van der Waals surface area contributed by atoms with Crippen molar-refractivity contribution in [1.29, 1.82) is 0 Å². The van der Waals surface area contributed by atoms with E-state index in [1.165, 1.54) is 0 Å². The number of aromatic nitrogens is 1. The van der Waals surface area contributed by atoms with Crippen LogP contribution >= 0.6 is 0 Å². The van der Waals surface area contributed by atoms with Gasteiger partial charge in [-0.3, -0.25) is 0 Å². The van der Waals surface area contributed by atoms with E-state index in [-0.39, 0.29) is 13.2 Å². The molecule has 5 nitrogen and oxygen atoms in total. The maximum atomic E-state index is 8.98. The first-order valence-electron chi connectivity index (χ1n) is 8.20. The molecule has 0 aliphatic heterocycles. The number of oxazole rings is 1. The van der Waals surface area contributed by atoms with Gasteiger partial charge in [0.1, 0.15) is 23.9 Å². The van der Waals surface area contributed by atoms with E-state index in [1.54, 1.807) is 0 Å². The van der Waals surface area contributed by atoms with Gasteiger partial charge >= 0.3 is 0 Å². The van der Waals surface area contributed by atoms with Gasteiger partial charge in [0, 0.05) is 13.0 Å². The van der Waals surface area contributed by atoms with Crippen LogP contribution in [0.25, 0.3) is 0 Å². The third kappa shape index (κ3) is 4.84. The zero-order valence-corrected chi connectivity index (χ0v) is 14.1. The van der Waals surface area contributed by atoms with E-state index in [4.69, 9.17) is 19.0 Å². The van der Waals surface area contributed by atoms with E-state index in [2.05, 4.69) is 4.98 Å². The number of nitrogens with zero attached hydrogens (tertiary/aromatic N) is 1. The standard InChI is InChI=1S/C20H21NO4/c1-15-19(11-12-22)21-20(25-15)14-24-18-9-7-17(8-10-18)23-13-16-5-3-2-4-6-16/h2-10,22H,11-14H2,1H3. The Bertz CT molecular complexity index is 781. The summed E-state index contributed by atoms with van der Waals surface area (Å²) in [6.07, 6.45) is 0.489. The number of ether oxygens (including phenoxy) is 2. The van der Waals surface area contributed by atoms with Crippen molar-refractivity contribution in [1.82, 2.24) is 4.98 Å². The Morgan fingerprint density at radius 3 is 2.20 bits per heavy atom. The molecule has 25 heavy (non-hydrogen) atoms. The molecule has 0 amide bonds. The van der Waals surface area contributed by atoms with E-state index in [1.807, 2.05) is 61.5 Å². The highest BCUT2D eigenvalue weighted by molar-refractivity contribution is 5.31. The SMILES string of the molecule is Cc1oc(COc2ccc(OCc3ccccc3)cc2)nc1CCO. The van der Waals surface area contributed by atoms with Crippen LogP contribution in [-0.4, -0.2) is 16.7 Å². The fourth-order valence-corrected chi connectivity index (χ4v) is 2.41. The quantitative estimate of drug-likeness (QED) is 0.678. The zero-order valence-electron chi connectivity index (χ0n) is 14.1. The molecule has 0 spiro atoms. The van der Waals surface area contributed by atoms with Gasteiger partial charge < -0.3 is 19.0 Å². The van der Waals surface area contributed by atoms with Crippen LogP contribution in [0.1, 0.15) is 22.9 Å². The highest BCUT2D eigenvalue weighted by atomic mass is 16.5. The highest BCUT2D eigenvalue weighted by Gasteiger charge is 2.09. The molecular weight excluding hydrogens is 318 g/mol. The summed E-state index contributed by atoms with van der Waals surface area (Å²) in [6, 6.07) is 17.5. The van der Waals surface area contributed by atoms with Crippen LogP contribution < -0.4 is 9.47 Å². The van der Waals surface area contributed by atoms with Crippen molar-refractivity contribution in [3.63, 3.8) is 0 Å². The Kier molecular flexibility index (Phi) is 5.69. The fraction of sp³-hybridized carbons (Fsp3) is 0.250. The van der Waals surface area contributed by atoms with Gasteiger partial charge in [-0.25, -0.2) is 4.98 Å². The van der Waals surface area contributed by atoms with Crippen molar-refractivity contribution in [3.05, 3.63) is 77.5 Å². The van der Waals surface area contributed by atoms with Crippen LogP contribution in [0.2, 0.25) is 0 Å². The Morgan fingerprint density at radius 1 is 0.920 bits per heavy atom. The first-order valence-corrected chi connectivity index (χ1v) is 8.20. The minimum Gasteiger partial charge on any atom is -0.489 e. The number of aryl methyl sites for hydroxylation is 1. The Labute approximate surface area is 146 Å². The molecule has 0 saturated carbocycles. The first kappa shape index (κ1) is 17.0. The second-order valence-electron chi connectivity index (χ2n) is 5.62. The number of benzene rings is 2. The third-order valence-corrected chi connectivity index (χ3v) is 3.72. The van der Waals surface area contributed by atoms with Crippen molar-refractivity contribution < 1.29 is 19.0 Å². The maximum Gasteiger partial charge on any atom is 0.232 e. The van der Waals surface area contributed by atoms with Gasteiger partial charge in [0.25, 0.3) is 0 Å². The molecule has 0 radical (unpaired) electrons. The number of aliphatic hydroxyl groups is 1. The first-order chi connectivity index (χ1) is 12.2. The Morgan fingerprint density at radius 2 is 1.56 bits per heavy atom. The van der Waals surface area contributed by atoms with Gasteiger partial charge in [-0.05, 0) is 36.8 Å². The van der Waals surface area contributed by atoms with Crippen molar-refractivity contribution in [2.75, 3.05) is 6.61 Å². The number of hydrogen-bond donors (Lipinski definition) is 1. The van der Waals surface area contributed by atoms with Crippen molar-refractivity contribution in [3.8, 4) is 11.5 Å². The van der Waals surface area contributed by atoms with Crippen LogP contribution in [-0.2, 0) is 19.6 Å². The lowest BCUT2D eigenvalue weighted by Gasteiger charge is -2.08. The van der Waals surface area contributed by atoms with E-state index in [0.717, 1.165) is 22.8 Å². The number of aliphatic hydroxyl groups excluding tert-OH is 1. The second kappa shape index (κ2) is 8.35. The van der Waals surface area contributed by atoms with Gasteiger partial charge in [0.2, 0.25) is 5.89 Å². The summed E-state index contributed by atoms with van der Waals surface area (Å²) < 4.78 is 17.0.